The number of carbonyl (C=O) groups excluding carboxylic acids is 1. The van der Waals surface area contributed by atoms with Gasteiger partial charge in [0.2, 0.25) is 12.7 Å². The Balaban J connectivity index is 1.77. The zero-order chi connectivity index (χ0) is 13.2. The van der Waals surface area contributed by atoms with E-state index in [2.05, 4.69) is 0 Å². The van der Waals surface area contributed by atoms with Gasteiger partial charge in [-0.15, -0.1) is 0 Å². The number of ether oxygens (including phenoxy) is 3. The Kier molecular flexibility index (Phi) is 3.27. The van der Waals surface area contributed by atoms with Crippen molar-refractivity contribution < 1.29 is 19.0 Å². The Hall–Kier alpha value is -1.79. The third-order valence-corrected chi connectivity index (χ3v) is 3.36. The van der Waals surface area contributed by atoms with E-state index < -0.39 is 0 Å². The smallest absolute Gasteiger partial charge is 0.249 e. The van der Waals surface area contributed by atoms with Crippen LogP contribution in [0.5, 0.6) is 11.5 Å². The number of benzene rings is 1. The van der Waals surface area contributed by atoms with Gasteiger partial charge in [0.1, 0.15) is 6.61 Å². The highest BCUT2D eigenvalue weighted by molar-refractivity contribution is 5.78. The Labute approximate surface area is 111 Å². The molecule has 2 aliphatic rings. The number of rotatable bonds is 3. The molecule has 1 aromatic carbocycles. The van der Waals surface area contributed by atoms with E-state index in [1.54, 1.807) is 4.90 Å². The van der Waals surface area contributed by atoms with Crippen molar-refractivity contribution in [1.29, 1.82) is 0 Å². The number of nitrogens with two attached hydrogens (primary N) is 1. The van der Waals surface area contributed by atoms with E-state index in [0.29, 0.717) is 19.7 Å². The summed E-state index contributed by atoms with van der Waals surface area (Å²) in [5, 5.41) is 0. The van der Waals surface area contributed by atoms with E-state index in [1.165, 1.54) is 0 Å². The number of carbonyl (C=O) groups is 1. The Morgan fingerprint density at radius 1 is 1.32 bits per heavy atom. The van der Waals surface area contributed by atoms with Gasteiger partial charge >= 0.3 is 0 Å². The molecule has 6 heteroatoms. The van der Waals surface area contributed by atoms with Gasteiger partial charge in [0.25, 0.3) is 0 Å². The van der Waals surface area contributed by atoms with Gasteiger partial charge in [-0.2, -0.15) is 0 Å². The first-order valence-corrected chi connectivity index (χ1v) is 6.23. The zero-order valence-electron chi connectivity index (χ0n) is 10.5. The van der Waals surface area contributed by atoms with Crippen LogP contribution in [0, 0.1) is 0 Å². The van der Waals surface area contributed by atoms with E-state index in [1.807, 2.05) is 18.2 Å². The molecule has 1 atom stereocenters. The standard InChI is InChI=1S/C13H16N2O4/c14-4-10-6-17-7-13(16)15(10)5-9-1-2-11-12(3-9)19-8-18-11/h1-3,10H,4-8,14H2. The first kappa shape index (κ1) is 12.3. The lowest BCUT2D eigenvalue weighted by Gasteiger charge is -2.34. The van der Waals surface area contributed by atoms with Gasteiger partial charge in [-0.3, -0.25) is 4.79 Å². The molecule has 1 unspecified atom stereocenters. The second-order valence-electron chi connectivity index (χ2n) is 4.61. The van der Waals surface area contributed by atoms with Crippen LogP contribution in [0.1, 0.15) is 5.56 Å². The molecular weight excluding hydrogens is 248 g/mol. The van der Waals surface area contributed by atoms with Gasteiger partial charge in [-0.05, 0) is 17.7 Å². The molecule has 1 amide bonds. The summed E-state index contributed by atoms with van der Waals surface area (Å²) in [5.74, 6) is 1.44. The Morgan fingerprint density at radius 2 is 2.16 bits per heavy atom. The highest BCUT2D eigenvalue weighted by Crippen LogP contribution is 2.33. The summed E-state index contributed by atoms with van der Waals surface area (Å²) >= 11 is 0. The van der Waals surface area contributed by atoms with Crippen molar-refractivity contribution in [1.82, 2.24) is 4.90 Å². The third kappa shape index (κ3) is 2.36. The fraction of sp³-hybridized carbons (Fsp3) is 0.462. The first-order chi connectivity index (χ1) is 9.28. The van der Waals surface area contributed by atoms with Crippen LogP contribution in [0.2, 0.25) is 0 Å². The SMILES string of the molecule is NCC1COCC(=O)N1Cc1ccc2c(c1)OCO2. The lowest BCUT2D eigenvalue weighted by atomic mass is 10.1. The Morgan fingerprint density at radius 3 is 3.00 bits per heavy atom. The summed E-state index contributed by atoms with van der Waals surface area (Å²) in [6.07, 6.45) is 0. The van der Waals surface area contributed by atoms with Crippen LogP contribution in [0.25, 0.3) is 0 Å². The molecule has 6 nitrogen and oxygen atoms in total. The van der Waals surface area contributed by atoms with E-state index in [0.717, 1.165) is 17.1 Å². The van der Waals surface area contributed by atoms with Crippen molar-refractivity contribution in [2.24, 2.45) is 5.73 Å². The average Bonchev–Trinajstić information content (AvgIpc) is 2.88. The summed E-state index contributed by atoms with van der Waals surface area (Å²) in [6, 6.07) is 5.63. The number of hydrogen-bond donors (Lipinski definition) is 1. The first-order valence-electron chi connectivity index (χ1n) is 6.23. The zero-order valence-corrected chi connectivity index (χ0v) is 10.5. The normalized spacial score (nSPS) is 21.8. The highest BCUT2D eigenvalue weighted by Gasteiger charge is 2.28. The van der Waals surface area contributed by atoms with Crippen molar-refractivity contribution in [2.75, 3.05) is 26.6 Å². The minimum atomic E-state index is -0.0633. The lowest BCUT2D eigenvalue weighted by Crippen LogP contribution is -2.52. The molecule has 0 radical (unpaired) electrons. The monoisotopic (exact) mass is 264 g/mol. The molecule has 0 aliphatic carbocycles. The van der Waals surface area contributed by atoms with Crippen LogP contribution in [0.4, 0.5) is 0 Å². The van der Waals surface area contributed by atoms with Gasteiger partial charge in [0, 0.05) is 13.1 Å². The van der Waals surface area contributed by atoms with Crippen LogP contribution < -0.4 is 15.2 Å². The molecule has 0 aromatic heterocycles. The lowest BCUT2D eigenvalue weighted by molar-refractivity contribution is -0.148. The predicted molar refractivity (Wildman–Crippen MR) is 66.8 cm³/mol. The molecule has 0 bridgehead atoms. The van der Waals surface area contributed by atoms with Gasteiger partial charge in [-0.25, -0.2) is 0 Å². The van der Waals surface area contributed by atoms with E-state index in [4.69, 9.17) is 19.9 Å². The van der Waals surface area contributed by atoms with Crippen molar-refractivity contribution in [3.8, 4) is 11.5 Å². The molecular formula is C13H16N2O4. The minimum Gasteiger partial charge on any atom is -0.454 e. The topological polar surface area (TPSA) is 74.0 Å². The quantitative estimate of drug-likeness (QED) is 0.838. The molecule has 102 valence electrons. The van der Waals surface area contributed by atoms with E-state index in [-0.39, 0.29) is 25.3 Å². The molecule has 0 saturated carbocycles. The maximum Gasteiger partial charge on any atom is 0.249 e. The maximum absolute atomic E-state index is 11.9. The fourth-order valence-corrected chi connectivity index (χ4v) is 2.31. The molecule has 2 aliphatic heterocycles. The van der Waals surface area contributed by atoms with E-state index >= 15 is 0 Å². The minimum absolute atomic E-state index is 0.0284. The second-order valence-corrected chi connectivity index (χ2v) is 4.61. The number of hydrogen-bond acceptors (Lipinski definition) is 5. The summed E-state index contributed by atoms with van der Waals surface area (Å²) in [5.41, 5.74) is 6.68. The molecule has 1 fully saturated rings. The van der Waals surface area contributed by atoms with Crippen molar-refractivity contribution in [3.63, 3.8) is 0 Å². The van der Waals surface area contributed by atoms with Crippen LogP contribution in [0.3, 0.4) is 0 Å². The van der Waals surface area contributed by atoms with Gasteiger partial charge in [0.05, 0.1) is 12.6 Å². The molecule has 3 rings (SSSR count). The summed E-state index contributed by atoms with van der Waals surface area (Å²) < 4.78 is 15.8. The number of fused-ring (bicyclic) bond motifs is 1. The summed E-state index contributed by atoms with van der Waals surface area (Å²) in [7, 11) is 0. The predicted octanol–water partition coefficient (Wildman–Crippen LogP) is 0.101. The number of amides is 1. The third-order valence-electron chi connectivity index (χ3n) is 3.36. The molecule has 2 N–H and O–H groups in total. The maximum atomic E-state index is 11.9. The van der Waals surface area contributed by atoms with Crippen molar-refractivity contribution >= 4 is 5.91 Å². The van der Waals surface area contributed by atoms with Gasteiger partial charge < -0.3 is 24.8 Å². The largest absolute Gasteiger partial charge is 0.454 e. The molecule has 1 aromatic rings. The average molecular weight is 264 g/mol. The summed E-state index contributed by atoms with van der Waals surface area (Å²) in [6.45, 7) is 1.78. The Bertz CT molecular complexity index is 492. The van der Waals surface area contributed by atoms with Crippen LogP contribution in [-0.4, -0.2) is 43.4 Å². The molecule has 1 saturated heterocycles. The molecule has 2 heterocycles. The molecule has 19 heavy (non-hydrogen) atoms. The van der Waals surface area contributed by atoms with Gasteiger partial charge in [0.15, 0.2) is 11.5 Å². The fourth-order valence-electron chi connectivity index (χ4n) is 2.31. The summed E-state index contributed by atoms with van der Waals surface area (Å²) in [4.78, 5) is 13.7. The van der Waals surface area contributed by atoms with Gasteiger partial charge in [-0.1, -0.05) is 6.07 Å². The van der Waals surface area contributed by atoms with Crippen LogP contribution in [-0.2, 0) is 16.1 Å². The van der Waals surface area contributed by atoms with E-state index in [9.17, 15) is 4.79 Å². The second kappa shape index (κ2) is 5.07. The van der Waals surface area contributed by atoms with Crippen LogP contribution in [0.15, 0.2) is 18.2 Å². The van der Waals surface area contributed by atoms with Crippen molar-refractivity contribution in [3.05, 3.63) is 23.8 Å². The number of morpholine rings is 1. The molecule has 0 spiro atoms. The van der Waals surface area contributed by atoms with Crippen molar-refractivity contribution in [2.45, 2.75) is 12.6 Å². The van der Waals surface area contributed by atoms with Crippen LogP contribution >= 0.6 is 0 Å². The highest BCUT2D eigenvalue weighted by atomic mass is 16.7. The number of nitrogens with zero attached hydrogens (tertiary/aromatic N) is 1.